The third kappa shape index (κ3) is 4.85. The summed E-state index contributed by atoms with van der Waals surface area (Å²) < 4.78 is 0. The molecule has 17 heavy (non-hydrogen) atoms. The highest BCUT2D eigenvalue weighted by atomic mass is 16.4. The number of rotatable bonds is 4. The summed E-state index contributed by atoms with van der Waals surface area (Å²) in [6.07, 6.45) is 0.175. The Hall–Kier alpha value is -2.28. The average molecular weight is 232 g/mol. The normalized spacial score (nSPS) is 9.18. The standard InChI is InChI=1S/C13H12O4/c14-12(15)8-4-3-6-10-5-1-2-7-11(10)9-13(16)17/h1-2,5,7H,4,8-9H2,(H,14,15)(H,16,17). The molecule has 0 aliphatic heterocycles. The Morgan fingerprint density at radius 1 is 1.12 bits per heavy atom. The van der Waals surface area contributed by atoms with Crippen LogP contribution in [0, 0.1) is 11.8 Å². The highest BCUT2D eigenvalue weighted by Crippen LogP contribution is 2.08. The van der Waals surface area contributed by atoms with Gasteiger partial charge in [0.1, 0.15) is 0 Å². The van der Waals surface area contributed by atoms with Gasteiger partial charge in [-0.1, -0.05) is 30.0 Å². The van der Waals surface area contributed by atoms with Crippen LogP contribution in [-0.4, -0.2) is 22.2 Å². The van der Waals surface area contributed by atoms with Crippen molar-refractivity contribution < 1.29 is 19.8 Å². The minimum absolute atomic E-state index is 0.00586. The van der Waals surface area contributed by atoms with E-state index in [0.29, 0.717) is 11.1 Å². The third-order valence-electron chi connectivity index (χ3n) is 2.05. The Balaban J connectivity index is 2.75. The van der Waals surface area contributed by atoms with E-state index in [1.165, 1.54) is 0 Å². The summed E-state index contributed by atoms with van der Waals surface area (Å²) in [6.45, 7) is 0. The number of aliphatic carboxylic acids is 2. The van der Waals surface area contributed by atoms with Gasteiger partial charge in [-0.3, -0.25) is 9.59 Å². The van der Waals surface area contributed by atoms with Crippen molar-refractivity contribution in [3.63, 3.8) is 0 Å². The Kier molecular flexibility index (Phi) is 4.77. The van der Waals surface area contributed by atoms with Gasteiger partial charge in [-0.05, 0) is 11.6 Å². The molecule has 0 heterocycles. The van der Waals surface area contributed by atoms with Gasteiger partial charge < -0.3 is 10.2 Å². The van der Waals surface area contributed by atoms with Gasteiger partial charge in [-0.15, -0.1) is 0 Å². The van der Waals surface area contributed by atoms with Gasteiger partial charge >= 0.3 is 11.9 Å². The molecule has 0 aliphatic carbocycles. The van der Waals surface area contributed by atoms with Crippen LogP contribution in [0.25, 0.3) is 0 Å². The molecule has 0 bridgehead atoms. The fraction of sp³-hybridized carbons (Fsp3) is 0.231. The zero-order valence-electron chi connectivity index (χ0n) is 9.14. The predicted molar refractivity (Wildman–Crippen MR) is 61.5 cm³/mol. The first kappa shape index (κ1) is 12.8. The van der Waals surface area contributed by atoms with Gasteiger partial charge in [0.05, 0.1) is 12.8 Å². The summed E-state index contributed by atoms with van der Waals surface area (Å²) in [4.78, 5) is 20.9. The molecular formula is C13H12O4. The summed E-state index contributed by atoms with van der Waals surface area (Å²) in [5.41, 5.74) is 1.28. The summed E-state index contributed by atoms with van der Waals surface area (Å²) in [5, 5.41) is 17.1. The SMILES string of the molecule is O=C(O)CCC#Cc1ccccc1CC(=O)O. The monoisotopic (exact) mass is 232 g/mol. The Morgan fingerprint density at radius 3 is 2.47 bits per heavy atom. The summed E-state index contributed by atoms with van der Waals surface area (Å²) >= 11 is 0. The number of hydrogen-bond acceptors (Lipinski definition) is 2. The third-order valence-corrected chi connectivity index (χ3v) is 2.05. The minimum atomic E-state index is -0.912. The highest BCUT2D eigenvalue weighted by molar-refractivity contribution is 5.71. The first-order valence-corrected chi connectivity index (χ1v) is 5.10. The molecule has 0 spiro atoms. The van der Waals surface area contributed by atoms with Crippen LogP contribution >= 0.6 is 0 Å². The molecule has 1 aromatic carbocycles. The lowest BCUT2D eigenvalue weighted by molar-refractivity contribution is -0.137. The molecule has 0 aliphatic rings. The molecular weight excluding hydrogens is 220 g/mol. The van der Waals surface area contributed by atoms with Crippen molar-refractivity contribution in [1.29, 1.82) is 0 Å². The fourth-order valence-electron chi connectivity index (χ4n) is 1.29. The number of hydrogen-bond donors (Lipinski definition) is 2. The lowest BCUT2D eigenvalue weighted by Gasteiger charge is -1.99. The fourth-order valence-corrected chi connectivity index (χ4v) is 1.29. The van der Waals surface area contributed by atoms with Gasteiger partial charge in [0.15, 0.2) is 0 Å². The molecule has 4 nitrogen and oxygen atoms in total. The second-order valence-corrected chi connectivity index (χ2v) is 3.42. The lowest BCUT2D eigenvalue weighted by Crippen LogP contribution is -2.01. The number of carboxylic acid groups (broad SMARTS) is 2. The van der Waals surface area contributed by atoms with Crippen LogP contribution in [0.5, 0.6) is 0 Å². The van der Waals surface area contributed by atoms with Crippen molar-refractivity contribution in [2.24, 2.45) is 0 Å². The van der Waals surface area contributed by atoms with Gasteiger partial charge in [-0.25, -0.2) is 0 Å². The first-order chi connectivity index (χ1) is 8.09. The summed E-state index contributed by atoms with van der Waals surface area (Å²) in [7, 11) is 0. The molecule has 0 unspecified atom stereocenters. The zero-order chi connectivity index (χ0) is 12.7. The molecule has 0 saturated heterocycles. The highest BCUT2D eigenvalue weighted by Gasteiger charge is 2.03. The predicted octanol–water partition coefficient (Wildman–Crippen LogP) is 1.53. The van der Waals surface area contributed by atoms with E-state index in [0.717, 1.165) is 0 Å². The van der Waals surface area contributed by atoms with Crippen LogP contribution in [0.4, 0.5) is 0 Å². The second-order valence-electron chi connectivity index (χ2n) is 3.42. The minimum Gasteiger partial charge on any atom is -0.481 e. The second kappa shape index (κ2) is 6.33. The van der Waals surface area contributed by atoms with Crippen LogP contribution in [0.15, 0.2) is 24.3 Å². The molecule has 4 heteroatoms. The van der Waals surface area contributed by atoms with Crippen molar-refractivity contribution in [3.8, 4) is 11.8 Å². The maximum absolute atomic E-state index is 10.6. The molecule has 88 valence electrons. The van der Waals surface area contributed by atoms with Crippen LogP contribution in [0.1, 0.15) is 24.0 Å². The van der Waals surface area contributed by atoms with E-state index in [-0.39, 0.29) is 19.3 Å². The molecule has 0 radical (unpaired) electrons. The lowest BCUT2D eigenvalue weighted by atomic mass is 10.0. The zero-order valence-corrected chi connectivity index (χ0v) is 9.14. The molecule has 2 N–H and O–H groups in total. The van der Waals surface area contributed by atoms with Crippen molar-refractivity contribution in [3.05, 3.63) is 35.4 Å². The van der Waals surface area contributed by atoms with Crippen molar-refractivity contribution in [1.82, 2.24) is 0 Å². The Labute approximate surface area is 98.9 Å². The van der Waals surface area contributed by atoms with Crippen LogP contribution in [0.2, 0.25) is 0 Å². The van der Waals surface area contributed by atoms with Crippen LogP contribution in [-0.2, 0) is 16.0 Å². The van der Waals surface area contributed by atoms with Crippen molar-refractivity contribution in [2.45, 2.75) is 19.3 Å². The quantitative estimate of drug-likeness (QED) is 0.772. The van der Waals surface area contributed by atoms with E-state index in [9.17, 15) is 9.59 Å². The van der Waals surface area contributed by atoms with E-state index < -0.39 is 11.9 Å². The van der Waals surface area contributed by atoms with Crippen LogP contribution in [0.3, 0.4) is 0 Å². The molecule has 1 aromatic rings. The smallest absolute Gasteiger partial charge is 0.307 e. The van der Waals surface area contributed by atoms with Crippen molar-refractivity contribution in [2.75, 3.05) is 0 Å². The van der Waals surface area contributed by atoms with E-state index in [1.54, 1.807) is 24.3 Å². The molecule has 0 saturated carbocycles. The first-order valence-electron chi connectivity index (χ1n) is 5.10. The number of benzene rings is 1. The maximum atomic E-state index is 10.6. The van der Waals surface area contributed by atoms with Gasteiger partial charge in [-0.2, -0.15) is 0 Å². The van der Waals surface area contributed by atoms with Gasteiger partial charge in [0.2, 0.25) is 0 Å². The largest absolute Gasteiger partial charge is 0.481 e. The molecule has 0 amide bonds. The van der Waals surface area contributed by atoms with Gasteiger partial charge in [0, 0.05) is 12.0 Å². The van der Waals surface area contributed by atoms with E-state index >= 15 is 0 Å². The average Bonchev–Trinajstić information content (AvgIpc) is 2.25. The molecule has 0 atom stereocenters. The van der Waals surface area contributed by atoms with E-state index in [1.807, 2.05) is 0 Å². The number of carboxylic acids is 2. The Bertz CT molecular complexity index is 480. The van der Waals surface area contributed by atoms with Crippen LogP contribution < -0.4 is 0 Å². The molecule has 0 fully saturated rings. The molecule has 0 aromatic heterocycles. The topological polar surface area (TPSA) is 74.6 Å². The van der Waals surface area contributed by atoms with E-state index in [2.05, 4.69) is 11.8 Å². The van der Waals surface area contributed by atoms with Crippen molar-refractivity contribution >= 4 is 11.9 Å². The maximum Gasteiger partial charge on any atom is 0.307 e. The molecule has 1 rings (SSSR count). The Morgan fingerprint density at radius 2 is 1.82 bits per heavy atom. The van der Waals surface area contributed by atoms with Gasteiger partial charge in [0.25, 0.3) is 0 Å². The summed E-state index contributed by atoms with van der Waals surface area (Å²) in [6, 6.07) is 6.95. The number of carbonyl (C=O) groups is 2. The summed E-state index contributed by atoms with van der Waals surface area (Å²) in [5.74, 6) is 3.72. The van der Waals surface area contributed by atoms with E-state index in [4.69, 9.17) is 10.2 Å².